The lowest BCUT2D eigenvalue weighted by molar-refractivity contribution is 0.0268. The molecule has 0 aliphatic carbocycles. The molecule has 6 heteroatoms. The quantitative estimate of drug-likeness (QED) is 0.512. The molecule has 0 aliphatic heterocycles. The number of guanidine groups is 1. The van der Waals surface area contributed by atoms with Crippen molar-refractivity contribution in [3.63, 3.8) is 0 Å². The highest BCUT2D eigenvalue weighted by Gasteiger charge is 2.16. The number of benzene rings is 2. The van der Waals surface area contributed by atoms with E-state index in [-0.39, 0.29) is 5.60 Å². The second kappa shape index (κ2) is 10.6. The Morgan fingerprint density at radius 1 is 0.964 bits per heavy atom. The lowest BCUT2D eigenvalue weighted by Gasteiger charge is -2.24. The van der Waals surface area contributed by atoms with Crippen LogP contribution in [0.15, 0.2) is 53.5 Å². The van der Waals surface area contributed by atoms with Gasteiger partial charge in [0.2, 0.25) is 0 Å². The molecule has 2 rings (SSSR count). The maximum atomic E-state index is 5.91. The number of hydrogen-bond acceptors (Lipinski definition) is 4. The summed E-state index contributed by atoms with van der Waals surface area (Å²) in [6.45, 7) is 5.81. The van der Waals surface area contributed by atoms with Crippen molar-refractivity contribution in [3.05, 3.63) is 59.7 Å². The Morgan fingerprint density at radius 2 is 1.71 bits per heavy atom. The summed E-state index contributed by atoms with van der Waals surface area (Å²) in [6, 6.07) is 16.0. The van der Waals surface area contributed by atoms with E-state index in [1.807, 2.05) is 62.4 Å². The predicted molar refractivity (Wildman–Crippen MR) is 113 cm³/mol. The highest BCUT2D eigenvalue weighted by atomic mass is 16.5. The number of nitrogens with one attached hydrogen (secondary N) is 2. The number of aliphatic imine (C=N–C) groups is 1. The van der Waals surface area contributed by atoms with Crippen LogP contribution in [0.5, 0.6) is 11.5 Å². The Labute approximate surface area is 167 Å². The lowest BCUT2D eigenvalue weighted by Crippen LogP contribution is -2.45. The zero-order valence-corrected chi connectivity index (χ0v) is 17.4. The first-order valence-electron chi connectivity index (χ1n) is 9.30. The van der Waals surface area contributed by atoms with E-state index >= 15 is 0 Å². The summed E-state index contributed by atoms with van der Waals surface area (Å²) in [7, 11) is 5.09. The Kier molecular flexibility index (Phi) is 8.14. The van der Waals surface area contributed by atoms with Gasteiger partial charge in [0, 0.05) is 27.2 Å². The number of nitrogens with zero attached hydrogens (tertiary/aromatic N) is 1. The van der Waals surface area contributed by atoms with Gasteiger partial charge in [0.05, 0.1) is 12.7 Å². The minimum Gasteiger partial charge on any atom is -0.493 e. The summed E-state index contributed by atoms with van der Waals surface area (Å²) in [6.07, 6.45) is 0. The molecule has 0 bridgehead atoms. The highest BCUT2D eigenvalue weighted by Crippen LogP contribution is 2.28. The van der Waals surface area contributed by atoms with E-state index in [1.54, 1.807) is 21.3 Å². The third-order valence-corrected chi connectivity index (χ3v) is 4.38. The predicted octanol–water partition coefficient (Wildman–Crippen LogP) is 3.36. The number of methoxy groups -OCH3 is 2. The first-order valence-corrected chi connectivity index (χ1v) is 9.30. The van der Waals surface area contributed by atoms with Gasteiger partial charge in [-0.25, -0.2) is 0 Å². The van der Waals surface area contributed by atoms with Crippen molar-refractivity contribution in [2.24, 2.45) is 4.99 Å². The molecule has 152 valence electrons. The second-order valence-corrected chi connectivity index (χ2v) is 7.00. The van der Waals surface area contributed by atoms with Crippen LogP contribution in [0.2, 0.25) is 0 Å². The van der Waals surface area contributed by atoms with Gasteiger partial charge in [-0.2, -0.15) is 0 Å². The molecule has 2 N–H and O–H groups in total. The monoisotopic (exact) mass is 385 g/mol. The van der Waals surface area contributed by atoms with Crippen molar-refractivity contribution in [3.8, 4) is 11.5 Å². The second-order valence-electron chi connectivity index (χ2n) is 7.00. The number of rotatable bonds is 9. The molecule has 0 unspecified atom stereocenters. The van der Waals surface area contributed by atoms with Crippen LogP contribution in [0.1, 0.15) is 25.0 Å². The first-order chi connectivity index (χ1) is 13.5. The van der Waals surface area contributed by atoms with Crippen molar-refractivity contribution < 1.29 is 14.2 Å². The minimum atomic E-state index is -0.265. The van der Waals surface area contributed by atoms with Crippen LogP contribution in [0.4, 0.5) is 0 Å². The summed E-state index contributed by atoms with van der Waals surface area (Å²) in [5, 5.41) is 6.57. The van der Waals surface area contributed by atoms with Gasteiger partial charge < -0.3 is 24.8 Å². The molecule has 2 aromatic rings. The topological polar surface area (TPSA) is 64.1 Å². The van der Waals surface area contributed by atoms with Crippen molar-refractivity contribution in [2.75, 3.05) is 27.8 Å². The SMILES string of the molecule is CN=C(NCc1ccc(OCc2ccccc2)c(OC)c1)NCC(C)(C)OC. The van der Waals surface area contributed by atoms with Gasteiger partial charge >= 0.3 is 0 Å². The molecule has 6 nitrogen and oxygen atoms in total. The number of ether oxygens (including phenoxy) is 3. The zero-order chi connectivity index (χ0) is 20.4. The zero-order valence-electron chi connectivity index (χ0n) is 17.4. The fourth-order valence-electron chi connectivity index (χ4n) is 2.45. The van der Waals surface area contributed by atoms with Gasteiger partial charge in [0.1, 0.15) is 6.61 Å². The van der Waals surface area contributed by atoms with E-state index in [0.717, 1.165) is 16.9 Å². The normalized spacial score (nSPS) is 11.8. The Balaban J connectivity index is 1.93. The molecule has 0 heterocycles. The van der Waals surface area contributed by atoms with Crippen LogP contribution in [0.3, 0.4) is 0 Å². The largest absolute Gasteiger partial charge is 0.493 e. The summed E-state index contributed by atoms with van der Waals surface area (Å²) in [5.41, 5.74) is 1.92. The van der Waals surface area contributed by atoms with Gasteiger partial charge in [-0.05, 0) is 37.1 Å². The van der Waals surface area contributed by atoms with E-state index in [4.69, 9.17) is 14.2 Å². The van der Waals surface area contributed by atoms with Gasteiger partial charge in [-0.1, -0.05) is 36.4 Å². The van der Waals surface area contributed by atoms with Gasteiger partial charge in [0.25, 0.3) is 0 Å². The molecule has 0 spiro atoms. The van der Waals surface area contributed by atoms with Crippen LogP contribution in [-0.4, -0.2) is 39.4 Å². The molecule has 0 aromatic heterocycles. The maximum Gasteiger partial charge on any atom is 0.191 e. The Morgan fingerprint density at radius 3 is 2.36 bits per heavy atom. The average Bonchev–Trinajstić information content (AvgIpc) is 2.73. The maximum absolute atomic E-state index is 5.91. The molecule has 0 aliphatic rings. The molecule has 2 aromatic carbocycles. The van der Waals surface area contributed by atoms with E-state index in [1.165, 1.54) is 0 Å². The summed E-state index contributed by atoms with van der Waals surface area (Å²) >= 11 is 0. The minimum absolute atomic E-state index is 0.265. The lowest BCUT2D eigenvalue weighted by atomic mass is 10.1. The van der Waals surface area contributed by atoms with Crippen molar-refractivity contribution >= 4 is 5.96 Å². The Hall–Kier alpha value is -2.73. The first kappa shape index (κ1) is 21.6. The van der Waals surface area contributed by atoms with E-state index in [0.29, 0.717) is 31.4 Å². The fourth-order valence-corrected chi connectivity index (χ4v) is 2.45. The molecule has 0 radical (unpaired) electrons. The molecular weight excluding hydrogens is 354 g/mol. The van der Waals surface area contributed by atoms with Crippen molar-refractivity contribution in [1.82, 2.24) is 10.6 Å². The van der Waals surface area contributed by atoms with Crippen LogP contribution in [0, 0.1) is 0 Å². The smallest absolute Gasteiger partial charge is 0.191 e. The van der Waals surface area contributed by atoms with Crippen LogP contribution in [-0.2, 0) is 17.9 Å². The number of hydrogen-bond donors (Lipinski definition) is 2. The highest BCUT2D eigenvalue weighted by molar-refractivity contribution is 5.79. The summed E-state index contributed by atoms with van der Waals surface area (Å²) < 4.78 is 16.8. The van der Waals surface area contributed by atoms with Crippen molar-refractivity contribution in [2.45, 2.75) is 32.6 Å². The molecule has 0 saturated carbocycles. The van der Waals surface area contributed by atoms with E-state index < -0.39 is 0 Å². The van der Waals surface area contributed by atoms with Crippen LogP contribution in [0.25, 0.3) is 0 Å². The standard InChI is InChI=1S/C22H31N3O3/c1-22(2,27-5)16-25-21(23-3)24-14-18-11-12-19(20(13-18)26-4)28-15-17-9-7-6-8-10-17/h6-13H,14-16H2,1-5H3,(H2,23,24,25). The van der Waals surface area contributed by atoms with Gasteiger partial charge in [0.15, 0.2) is 17.5 Å². The summed E-state index contributed by atoms with van der Waals surface area (Å²) in [4.78, 5) is 4.25. The third-order valence-electron chi connectivity index (χ3n) is 4.38. The fraction of sp³-hybridized carbons (Fsp3) is 0.409. The van der Waals surface area contributed by atoms with Crippen LogP contribution >= 0.6 is 0 Å². The molecule has 0 saturated heterocycles. The molecule has 0 atom stereocenters. The van der Waals surface area contributed by atoms with E-state index in [2.05, 4.69) is 15.6 Å². The third kappa shape index (κ3) is 6.78. The molecule has 0 fully saturated rings. The van der Waals surface area contributed by atoms with Crippen molar-refractivity contribution in [1.29, 1.82) is 0 Å². The molecule has 0 amide bonds. The summed E-state index contributed by atoms with van der Waals surface area (Å²) in [5.74, 6) is 2.15. The van der Waals surface area contributed by atoms with Gasteiger partial charge in [-0.15, -0.1) is 0 Å². The van der Waals surface area contributed by atoms with Gasteiger partial charge in [-0.3, -0.25) is 4.99 Å². The Bertz CT molecular complexity index is 761. The molecule has 28 heavy (non-hydrogen) atoms. The van der Waals surface area contributed by atoms with E-state index in [9.17, 15) is 0 Å². The molecular formula is C22H31N3O3. The van der Waals surface area contributed by atoms with Crippen LogP contribution < -0.4 is 20.1 Å². The average molecular weight is 386 g/mol.